The summed E-state index contributed by atoms with van der Waals surface area (Å²) in [6.45, 7) is 4.45. The average Bonchev–Trinajstić information content (AvgIpc) is 3.23. The standard InChI is InChI=1S/C17H28N4O3/c1-23-14-10-20-17(19-9-7-15-5-3-13-24-15)18-8-4-12-21-11-2-6-16(21)22/h3,5,13H,2,4,6-12,14H2,1H3,(H2,18,19,20). The first-order valence-electron chi connectivity index (χ1n) is 8.61. The molecule has 134 valence electrons. The van der Waals surface area contributed by atoms with E-state index in [1.807, 2.05) is 17.0 Å². The Hall–Kier alpha value is -2.02. The van der Waals surface area contributed by atoms with Crippen molar-refractivity contribution in [3.8, 4) is 0 Å². The summed E-state index contributed by atoms with van der Waals surface area (Å²) in [5, 5.41) is 6.54. The van der Waals surface area contributed by atoms with Crippen LogP contribution in [0.1, 0.15) is 25.0 Å². The van der Waals surface area contributed by atoms with Crippen LogP contribution < -0.4 is 10.6 Å². The van der Waals surface area contributed by atoms with E-state index in [9.17, 15) is 4.79 Å². The highest BCUT2D eigenvalue weighted by Gasteiger charge is 2.18. The Morgan fingerprint density at radius 1 is 1.42 bits per heavy atom. The van der Waals surface area contributed by atoms with Crippen molar-refractivity contribution in [2.24, 2.45) is 4.99 Å². The van der Waals surface area contributed by atoms with Crippen molar-refractivity contribution >= 4 is 11.9 Å². The van der Waals surface area contributed by atoms with Crippen molar-refractivity contribution in [2.75, 3.05) is 46.4 Å². The molecule has 1 fully saturated rings. The van der Waals surface area contributed by atoms with Crippen molar-refractivity contribution in [1.82, 2.24) is 15.5 Å². The van der Waals surface area contributed by atoms with Gasteiger partial charge < -0.3 is 24.7 Å². The molecular formula is C17H28N4O3. The number of amides is 1. The van der Waals surface area contributed by atoms with E-state index in [4.69, 9.17) is 9.15 Å². The SMILES string of the molecule is COCCNC(=NCCCN1CCCC1=O)NCCc1ccco1. The molecule has 7 heteroatoms. The number of carbonyl (C=O) groups excluding carboxylic acids is 1. The van der Waals surface area contributed by atoms with Crippen LogP contribution in [0, 0.1) is 0 Å². The van der Waals surface area contributed by atoms with E-state index >= 15 is 0 Å². The van der Waals surface area contributed by atoms with Crippen molar-refractivity contribution in [2.45, 2.75) is 25.7 Å². The van der Waals surface area contributed by atoms with Crippen molar-refractivity contribution in [3.63, 3.8) is 0 Å². The van der Waals surface area contributed by atoms with Crippen LogP contribution in [0.5, 0.6) is 0 Å². The molecule has 2 N–H and O–H groups in total. The van der Waals surface area contributed by atoms with E-state index in [2.05, 4.69) is 15.6 Å². The number of ether oxygens (including phenoxy) is 1. The van der Waals surface area contributed by atoms with Gasteiger partial charge in [-0.05, 0) is 25.0 Å². The molecule has 0 aliphatic carbocycles. The molecule has 0 radical (unpaired) electrons. The smallest absolute Gasteiger partial charge is 0.222 e. The lowest BCUT2D eigenvalue weighted by molar-refractivity contribution is -0.127. The molecule has 0 spiro atoms. The number of furan rings is 1. The average molecular weight is 336 g/mol. The van der Waals surface area contributed by atoms with E-state index in [-0.39, 0.29) is 5.91 Å². The molecule has 0 saturated carbocycles. The molecule has 1 aromatic heterocycles. The maximum absolute atomic E-state index is 11.6. The fourth-order valence-corrected chi connectivity index (χ4v) is 2.60. The maximum atomic E-state index is 11.6. The Labute approximate surface area is 143 Å². The zero-order valence-corrected chi connectivity index (χ0v) is 14.4. The van der Waals surface area contributed by atoms with Gasteiger partial charge in [0, 0.05) is 52.7 Å². The molecule has 2 heterocycles. The van der Waals surface area contributed by atoms with Crippen LogP contribution in [0.3, 0.4) is 0 Å². The summed E-state index contributed by atoms with van der Waals surface area (Å²) >= 11 is 0. The van der Waals surface area contributed by atoms with Gasteiger partial charge in [-0.2, -0.15) is 0 Å². The van der Waals surface area contributed by atoms with E-state index in [1.54, 1.807) is 13.4 Å². The van der Waals surface area contributed by atoms with Gasteiger partial charge in [-0.3, -0.25) is 9.79 Å². The van der Waals surface area contributed by atoms with Gasteiger partial charge >= 0.3 is 0 Å². The van der Waals surface area contributed by atoms with Crippen molar-refractivity contribution in [1.29, 1.82) is 0 Å². The zero-order valence-electron chi connectivity index (χ0n) is 14.4. The van der Waals surface area contributed by atoms with E-state index < -0.39 is 0 Å². The lowest BCUT2D eigenvalue weighted by Crippen LogP contribution is -2.40. The lowest BCUT2D eigenvalue weighted by atomic mass is 10.3. The van der Waals surface area contributed by atoms with E-state index in [1.165, 1.54) is 0 Å². The minimum Gasteiger partial charge on any atom is -0.469 e. The van der Waals surface area contributed by atoms with Gasteiger partial charge in [0.05, 0.1) is 12.9 Å². The number of likely N-dealkylation sites (tertiary alicyclic amines) is 1. The fraction of sp³-hybridized carbons (Fsp3) is 0.647. The number of nitrogens with one attached hydrogen (secondary N) is 2. The molecule has 1 saturated heterocycles. The fourth-order valence-electron chi connectivity index (χ4n) is 2.60. The van der Waals surface area contributed by atoms with Crippen LogP contribution in [0.25, 0.3) is 0 Å². The molecule has 7 nitrogen and oxygen atoms in total. The molecule has 0 aromatic carbocycles. The molecule has 1 aliphatic rings. The third-order valence-electron chi connectivity index (χ3n) is 3.87. The number of methoxy groups -OCH3 is 1. The minimum absolute atomic E-state index is 0.272. The normalized spacial score (nSPS) is 15.1. The monoisotopic (exact) mass is 336 g/mol. The summed E-state index contributed by atoms with van der Waals surface area (Å²) in [6.07, 6.45) is 5.05. The van der Waals surface area contributed by atoms with Crippen molar-refractivity contribution in [3.05, 3.63) is 24.2 Å². The van der Waals surface area contributed by atoms with Gasteiger partial charge in [-0.15, -0.1) is 0 Å². The number of nitrogens with zero attached hydrogens (tertiary/aromatic N) is 2. The Morgan fingerprint density at radius 3 is 3.00 bits per heavy atom. The van der Waals surface area contributed by atoms with Gasteiger partial charge in [0.1, 0.15) is 5.76 Å². The molecule has 1 aliphatic heterocycles. The van der Waals surface area contributed by atoms with Crippen LogP contribution in [0.15, 0.2) is 27.8 Å². The van der Waals surface area contributed by atoms with Gasteiger partial charge in [-0.1, -0.05) is 0 Å². The van der Waals surface area contributed by atoms with Gasteiger partial charge in [0.2, 0.25) is 5.91 Å². The summed E-state index contributed by atoms with van der Waals surface area (Å²) in [4.78, 5) is 18.1. The highest BCUT2D eigenvalue weighted by atomic mass is 16.5. The number of hydrogen-bond acceptors (Lipinski definition) is 4. The number of rotatable bonds is 10. The Kier molecular flexibility index (Phi) is 8.17. The second kappa shape index (κ2) is 10.7. The molecule has 24 heavy (non-hydrogen) atoms. The second-order valence-electron chi connectivity index (χ2n) is 5.74. The molecule has 0 atom stereocenters. The zero-order chi connectivity index (χ0) is 17.0. The predicted octanol–water partition coefficient (Wildman–Crippen LogP) is 1.02. The summed E-state index contributed by atoms with van der Waals surface area (Å²) in [5.74, 6) is 1.99. The third kappa shape index (κ3) is 6.62. The molecule has 0 unspecified atom stereocenters. The highest BCUT2D eigenvalue weighted by Crippen LogP contribution is 2.09. The third-order valence-corrected chi connectivity index (χ3v) is 3.87. The molecule has 2 rings (SSSR count). The Bertz CT molecular complexity index is 502. The number of carbonyl (C=O) groups is 1. The maximum Gasteiger partial charge on any atom is 0.222 e. The second-order valence-corrected chi connectivity index (χ2v) is 5.74. The minimum atomic E-state index is 0.272. The van der Waals surface area contributed by atoms with Gasteiger partial charge in [0.25, 0.3) is 0 Å². The topological polar surface area (TPSA) is 79.1 Å². The quantitative estimate of drug-likeness (QED) is 0.379. The predicted molar refractivity (Wildman–Crippen MR) is 93.0 cm³/mol. The molecule has 0 bridgehead atoms. The van der Waals surface area contributed by atoms with Crippen LogP contribution in [0.2, 0.25) is 0 Å². The van der Waals surface area contributed by atoms with E-state index in [0.29, 0.717) is 26.1 Å². The summed E-state index contributed by atoms with van der Waals surface area (Å²) < 4.78 is 10.4. The number of guanidine groups is 1. The van der Waals surface area contributed by atoms with Crippen molar-refractivity contribution < 1.29 is 13.9 Å². The Morgan fingerprint density at radius 2 is 2.29 bits per heavy atom. The summed E-state index contributed by atoms with van der Waals surface area (Å²) in [7, 11) is 1.68. The van der Waals surface area contributed by atoms with Gasteiger partial charge in [0.15, 0.2) is 5.96 Å². The first kappa shape index (κ1) is 18.3. The number of aliphatic imine (C=N–C) groups is 1. The van der Waals surface area contributed by atoms with Crippen LogP contribution in [0.4, 0.5) is 0 Å². The molecular weight excluding hydrogens is 308 g/mol. The highest BCUT2D eigenvalue weighted by molar-refractivity contribution is 5.79. The summed E-state index contributed by atoms with van der Waals surface area (Å²) in [5.41, 5.74) is 0. The summed E-state index contributed by atoms with van der Waals surface area (Å²) in [6, 6.07) is 3.85. The lowest BCUT2D eigenvalue weighted by Gasteiger charge is -2.15. The van der Waals surface area contributed by atoms with Gasteiger partial charge in [-0.25, -0.2) is 0 Å². The molecule has 1 amide bonds. The first-order valence-corrected chi connectivity index (χ1v) is 8.61. The Balaban J connectivity index is 1.70. The first-order chi connectivity index (χ1) is 11.8. The van der Waals surface area contributed by atoms with Crippen LogP contribution >= 0.6 is 0 Å². The van der Waals surface area contributed by atoms with Crippen LogP contribution in [-0.4, -0.2) is 63.2 Å². The van der Waals surface area contributed by atoms with Crippen LogP contribution in [-0.2, 0) is 16.0 Å². The number of hydrogen-bond donors (Lipinski definition) is 2. The molecule has 1 aromatic rings. The van der Waals surface area contributed by atoms with E-state index in [0.717, 1.165) is 50.6 Å². The largest absolute Gasteiger partial charge is 0.469 e.